The molecule has 3 atom stereocenters. The molecule has 2 heterocycles. The van der Waals surface area contributed by atoms with E-state index >= 15 is 4.39 Å². The fraction of sp³-hybridized carbons (Fsp3) is 0.458. The van der Waals surface area contributed by atoms with Gasteiger partial charge < -0.3 is 9.64 Å². The number of sulfonamides is 1. The van der Waals surface area contributed by atoms with Crippen molar-refractivity contribution < 1.29 is 31.1 Å². The number of hydrogen-bond acceptors (Lipinski definition) is 4. The van der Waals surface area contributed by atoms with Crippen molar-refractivity contribution in [2.45, 2.75) is 43.9 Å². The molecular formula is C24H25F3N2O4S. The van der Waals surface area contributed by atoms with Crippen LogP contribution in [-0.2, 0) is 26.0 Å². The third-order valence-corrected chi connectivity index (χ3v) is 8.10. The molecule has 10 heteroatoms. The second kappa shape index (κ2) is 8.66. The molecule has 1 aliphatic carbocycles. The van der Waals surface area contributed by atoms with Gasteiger partial charge in [-0.25, -0.2) is 26.3 Å². The van der Waals surface area contributed by atoms with Gasteiger partial charge >= 0.3 is 0 Å². The summed E-state index contributed by atoms with van der Waals surface area (Å²) in [4.78, 5) is 14.7. The van der Waals surface area contributed by atoms with Crippen LogP contribution in [0.15, 0.2) is 42.5 Å². The highest BCUT2D eigenvalue weighted by molar-refractivity contribution is 7.89. The first-order valence-electron chi connectivity index (χ1n) is 11.2. The van der Waals surface area contributed by atoms with Crippen LogP contribution in [0.5, 0.6) is 0 Å². The predicted molar refractivity (Wildman–Crippen MR) is 119 cm³/mol. The molecule has 34 heavy (non-hydrogen) atoms. The SMILES string of the molecule is O=C(C1CCO1)N1CC2(CC2)[C@H](NS(=O)(=O)CF)[C@@H]1Cc1cccc(-c2ccccc2F)c1F. The van der Waals surface area contributed by atoms with E-state index in [2.05, 4.69) is 4.72 Å². The van der Waals surface area contributed by atoms with Crippen LogP contribution >= 0.6 is 0 Å². The zero-order chi connectivity index (χ0) is 24.1. The molecule has 3 fully saturated rings. The number of hydrogen-bond donors (Lipinski definition) is 1. The largest absolute Gasteiger partial charge is 0.368 e. The van der Waals surface area contributed by atoms with Crippen LogP contribution in [0.1, 0.15) is 24.8 Å². The zero-order valence-electron chi connectivity index (χ0n) is 18.3. The van der Waals surface area contributed by atoms with Crippen molar-refractivity contribution in [2.75, 3.05) is 19.2 Å². The lowest BCUT2D eigenvalue weighted by atomic mass is 9.91. The fourth-order valence-electron chi connectivity index (χ4n) is 5.14. The highest BCUT2D eigenvalue weighted by Gasteiger charge is 2.62. The number of nitrogens with zero attached hydrogens (tertiary/aromatic N) is 1. The lowest BCUT2D eigenvalue weighted by Crippen LogP contribution is -2.53. The molecule has 2 aromatic rings. The average molecular weight is 495 g/mol. The molecule has 6 nitrogen and oxygen atoms in total. The standard InChI is InChI=1S/C24H25F3N2O4S/c25-14-34(31,32)28-22-19(29(13-24(22)9-10-24)23(30)20-8-11-33-20)12-15-4-3-6-17(21(15)27)16-5-1-2-7-18(16)26/h1-7,19-20,22,28H,8-14H2/t19-,20?,22+/m0/s1. The summed E-state index contributed by atoms with van der Waals surface area (Å²) in [7, 11) is -4.22. The number of ether oxygens (including phenoxy) is 1. The van der Waals surface area contributed by atoms with Gasteiger partial charge in [0.15, 0.2) is 0 Å². The van der Waals surface area contributed by atoms with Gasteiger partial charge in [-0.1, -0.05) is 36.4 Å². The summed E-state index contributed by atoms with van der Waals surface area (Å²) in [6.07, 6.45) is 1.30. The van der Waals surface area contributed by atoms with Crippen LogP contribution in [0, 0.1) is 17.0 Å². The van der Waals surface area contributed by atoms with E-state index in [0.717, 1.165) is 0 Å². The highest BCUT2D eigenvalue weighted by Crippen LogP contribution is 2.56. The first kappa shape index (κ1) is 23.3. The van der Waals surface area contributed by atoms with Gasteiger partial charge in [0, 0.05) is 35.5 Å². The summed E-state index contributed by atoms with van der Waals surface area (Å²) < 4.78 is 75.3. The van der Waals surface area contributed by atoms with Crippen molar-refractivity contribution in [3.63, 3.8) is 0 Å². The summed E-state index contributed by atoms with van der Waals surface area (Å²) in [5, 5.41) is 0. The number of likely N-dealkylation sites (tertiary alicyclic amines) is 1. The van der Waals surface area contributed by atoms with Crippen LogP contribution in [-0.4, -0.2) is 56.6 Å². The Bertz CT molecular complexity index is 1210. The maximum Gasteiger partial charge on any atom is 0.252 e. The topological polar surface area (TPSA) is 75.7 Å². The Labute approximate surface area is 196 Å². The lowest BCUT2D eigenvalue weighted by molar-refractivity contribution is -0.157. The Morgan fingerprint density at radius 3 is 2.44 bits per heavy atom. The fourth-order valence-corrected chi connectivity index (χ4v) is 5.99. The molecule has 2 aliphatic heterocycles. The molecule has 1 saturated carbocycles. The van der Waals surface area contributed by atoms with Crippen molar-refractivity contribution >= 4 is 15.9 Å². The molecule has 1 N–H and O–H groups in total. The number of halogens is 3. The minimum absolute atomic E-state index is 0.00614. The first-order chi connectivity index (χ1) is 16.2. The van der Waals surface area contributed by atoms with Crippen LogP contribution in [0.4, 0.5) is 13.2 Å². The Morgan fingerprint density at radius 2 is 1.82 bits per heavy atom. The van der Waals surface area contributed by atoms with Crippen molar-refractivity contribution in [2.24, 2.45) is 5.41 Å². The number of carbonyl (C=O) groups excluding carboxylic acids is 1. The third kappa shape index (κ3) is 4.12. The van der Waals surface area contributed by atoms with Gasteiger partial charge in [0.25, 0.3) is 5.91 Å². The Balaban J connectivity index is 1.52. The zero-order valence-corrected chi connectivity index (χ0v) is 19.2. The number of rotatable bonds is 7. The number of alkyl halides is 1. The minimum atomic E-state index is -4.22. The highest BCUT2D eigenvalue weighted by atomic mass is 32.2. The van der Waals surface area contributed by atoms with Gasteiger partial charge in [0.05, 0.1) is 12.6 Å². The van der Waals surface area contributed by atoms with E-state index in [4.69, 9.17) is 4.74 Å². The van der Waals surface area contributed by atoms with Crippen molar-refractivity contribution in [3.8, 4) is 11.1 Å². The van der Waals surface area contributed by atoms with Gasteiger partial charge in [-0.2, -0.15) is 0 Å². The Kier molecular flexibility index (Phi) is 5.94. The smallest absolute Gasteiger partial charge is 0.252 e. The molecule has 0 aromatic heterocycles. The number of benzene rings is 2. The lowest BCUT2D eigenvalue weighted by Gasteiger charge is -2.34. The number of nitrogens with one attached hydrogen (secondary N) is 1. The van der Waals surface area contributed by atoms with Crippen molar-refractivity contribution in [1.82, 2.24) is 9.62 Å². The molecule has 5 rings (SSSR count). The first-order valence-corrected chi connectivity index (χ1v) is 12.9. The minimum Gasteiger partial charge on any atom is -0.368 e. The molecule has 1 spiro atoms. The maximum absolute atomic E-state index is 15.6. The molecule has 0 bridgehead atoms. The van der Waals surface area contributed by atoms with Crippen LogP contribution in [0.2, 0.25) is 0 Å². The van der Waals surface area contributed by atoms with Gasteiger partial charge in [0.2, 0.25) is 16.0 Å². The summed E-state index contributed by atoms with van der Waals surface area (Å²) >= 11 is 0. The molecule has 0 radical (unpaired) electrons. The molecule has 1 amide bonds. The number of carbonyl (C=O) groups is 1. The summed E-state index contributed by atoms with van der Waals surface area (Å²) in [5.41, 5.74) is -0.0974. The second-order valence-corrected chi connectivity index (χ2v) is 11.0. The third-order valence-electron chi connectivity index (χ3n) is 7.20. The molecule has 2 aromatic carbocycles. The molecular weight excluding hydrogens is 469 g/mol. The molecule has 1 unspecified atom stereocenters. The van der Waals surface area contributed by atoms with E-state index in [1.165, 1.54) is 24.3 Å². The second-order valence-electron chi connectivity index (χ2n) is 9.33. The normalized spacial score (nSPS) is 25.4. The monoisotopic (exact) mass is 494 g/mol. The van der Waals surface area contributed by atoms with Gasteiger partial charge in [-0.15, -0.1) is 0 Å². The van der Waals surface area contributed by atoms with E-state index in [0.29, 0.717) is 32.4 Å². The summed E-state index contributed by atoms with van der Waals surface area (Å²) in [6, 6.07) is 7.40. The summed E-state index contributed by atoms with van der Waals surface area (Å²) in [6.45, 7) is 0.766. The molecule has 2 saturated heterocycles. The Morgan fingerprint density at radius 1 is 1.12 bits per heavy atom. The quantitative estimate of drug-likeness (QED) is 0.642. The van der Waals surface area contributed by atoms with Gasteiger partial charge in [0.1, 0.15) is 17.7 Å². The number of amides is 1. The van der Waals surface area contributed by atoms with Crippen LogP contribution in [0.25, 0.3) is 11.1 Å². The summed E-state index contributed by atoms with van der Waals surface area (Å²) in [5.74, 6) is -1.47. The molecule has 3 aliphatic rings. The van der Waals surface area contributed by atoms with E-state index in [1.807, 2.05) is 0 Å². The van der Waals surface area contributed by atoms with Crippen molar-refractivity contribution in [1.29, 1.82) is 0 Å². The van der Waals surface area contributed by atoms with Gasteiger partial charge in [-0.05, 0) is 30.9 Å². The van der Waals surface area contributed by atoms with E-state index in [9.17, 15) is 22.0 Å². The maximum atomic E-state index is 15.6. The van der Waals surface area contributed by atoms with E-state index < -0.39 is 51.3 Å². The van der Waals surface area contributed by atoms with Crippen molar-refractivity contribution in [3.05, 3.63) is 59.7 Å². The predicted octanol–water partition coefficient (Wildman–Crippen LogP) is 3.17. The average Bonchev–Trinajstić information content (AvgIpc) is 3.50. The van der Waals surface area contributed by atoms with E-state index in [-0.39, 0.29) is 29.0 Å². The van der Waals surface area contributed by atoms with E-state index in [1.54, 1.807) is 23.1 Å². The van der Waals surface area contributed by atoms with Gasteiger partial charge in [-0.3, -0.25) is 4.79 Å². The van der Waals surface area contributed by atoms with Crippen LogP contribution < -0.4 is 4.72 Å². The molecule has 182 valence electrons. The Hall–Kier alpha value is -2.43. The van der Waals surface area contributed by atoms with Crippen LogP contribution in [0.3, 0.4) is 0 Å².